The highest BCUT2D eigenvalue weighted by Gasteiger charge is 2.14. The lowest BCUT2D eigenvalue weighted by Crippen LogP contribution is -1.93. The lowest BCUT2D eigenvalue weighted by molar-refractivity contribution is 0.174. The molecular weight excluding hydrogens is 272 g/mol. The fourth-order valence-corrected chi connectivity index (χ4v) is 2.92. The Labute approximate surface area is 120 Å². The molecule has 0 saturated carbocycles. The highest BCUT2D eigenvalue weighted by molar-refractivity contribution is 7.08. The Morgan fingerprint density at radius 2 is 2.15 bits per heavy atom. The van der Waals surface area contributed by atoms with E-state index in [0.717, 1.165) is 35.0 Å². The largest absolute Gasteiger partial charge is 0.454 e. The molecule has 0 amide bonds. The molecular formula is C15H12N2O2S. The van der Waals surface area contributed by atoms with Crippen molar-refractivity contribution >= 4 is 11.3 Å². The van der Waals surface area contributed by atoms with Crippen LogP contribution in [0.3, 0.4) is 0 Å². The summed E-state index contributed by atoms with van der Waals surface area (Å²) in [7, 11) is 0. The molecule has 0 atom stereocenters. The van der Waals surface area contributed by atoms with E-state index < -0.39 is 0 Å². The second-order valence-corrected chi connectivity index (χ2v) is 5.40. The molecule has 0 spiro atoms. The zero-order valence-electron chi connectivity index (χ0n) is 10.6. The molecule has 0 fully saturated rings. The molecule has 0 saturated heterocycles. The first-order valence-corrected chi connectivity index (χ1v) is 7.28. The molecule has 3 heterocycles. The summed E-state index contributed by atoms with van der Waals surface area (Å²) in [6.07, 6.45) is 2.63. The Hall–Kier alpha value is -2.27. The molecule has 20 heavy (non-hydrogen) atoms. The predicted octanol–water partition coefficient (Wildman–Crippen LogP) is 3.46. The molecule has 100 valence electrons. The Balaban J connectivity index is 1.57. The Morgan fingerprint density at radius 3 is 3.05 bits per heavy atom. The molecule has 0 radical (unpaired) electrons. The molecule has 3 aromatic rings. The zero-order chi connectivity index (χ0) is 13.4. The van der Waals surface area contributed by atoms with Crippen LogP contribution in [0, 0.1) is 0 Å². The first kappa shape index (κ1) is 11.5. The van der Waals surface area contributed by atoms with Crippen molar-refractivity contribution in [2.75, 3.05) is 6.79 Å². The summed E-state index contributed by atoms with van der Waals surface area (Å²) < 4.78 is 10.7. The number of aromatic nitrogens is 2. The van der Waals surface area contributed by atoms with Crippen LogP contribution in [-0.2, 0) is 6.42 Å². The first-order valence-electron chi connectivity index (χ1n) is 6.33. The fraction of sp³-hybridized carbons (Fsp3) is 0.133. The number of fused-ring (bicyclic) bond motifs is 1. The van der Waals surface area contributed by atoms with Crippen molar-refractivity contribution in [3.8, 4) is 22.8 Å². The second kappa shape index (κ2) is 4.68. The van der Waals surface area contributed by atoms with Crippen LogP contribution < -0.4 is 9.47 Å². The van der Waals surface area contributed by atoms with E-state index in [1.165, 1.54) is 5.56 Å². The standard InChI is InChI=1S/C15H12N2O2S/c1-2-13-14(19-9-18-13)5-10(1)6-15-16-7-12(17-15)11-3-4-20-8-11/h1-5,7-8H,6,9H2,(H,16,17). The molecule has 1 aliphatic heterocycles. The minimum Gasteiger partial charge on any atom is -0.454 e. The predicted molar refractivity (Wildman–Crippen MR) is 77.3 cm³/mol. The maximum Gasteiger partial charge on any atom is 0.231 e. The lowest BCUT2D eigenvalue weighted by Gasteiger charge is -2.01. The van der Waals surface area contributed by atoms with Gasteiger partial charge in [0.15, 0.2) is 11.5 Å². The third-order valence-electron chi connectivity index (χ3n) is 3.27. The van der Waals surface area contributed by atoms with Crippen LogP contribution in [0.25, 0.3) is 11.3 Å². The Bertz CT molecular complexity index is 734. The minimum absolute atomic E-state index is 0.307. The highest BCUT2D eigenvalue weighted by atomic mass is 32.1. The van der Waals surface area contributed by atoms with E-state index >= 15 is 0 Å². The first-order chi connectivity index (χ1) is 9.88. The summed E-state index contributed by atoms with van der Waals surface area (Å²) in [5.41, 5.74) is 3.39. The summed E-state index contributed by atoms with van der Waals surface area (Å²) in [6, 6.07) is 8.08. The Kier molecular flexibility index (Phi) is 2.70. The van der Waals surface area contributed by atoms with E-state index in [9.17, 15) is 0 Å². The van der Waals surface area contributed by atoms with Crippen molar-refractivity contribution < 1.29 is 9.47 Å². The van der Waals surface area contributed by atoms with Crippen molar-refractivity contribution in [2.45, 2.75) is 6.42 Å². The third kappa shape index (κ3) is 2.06. The van der Waals surface area contributed by atoms with Crippen molar-refractivity contribution in [3.63, 3.8) is 0 Å². The van der Waals surface area contributed by atoms with E-state index in [-0.39, 0.29) is 0 Å². The van der Waals surface area contributed by atoms with Crippen LogP contribution in [0.2, 0.25) is 0 Å². The Morgan fingerprint density at radius 1 is 1.20 bits per heavy atom. The van der Waals surface area contributed by atoms with Gasteiger partial charge in [0.1, 0.15) is 5.82 Å². The van der Waals surface area contributed by atoms with Gasteiger partial charge in [0, 0.05) is 17.4 Å². The maximum atomic E-state index is 5.39. The number of hydrogen-bond donors (Lipinski definition) is 1. The van der Waals surface area contributed by atoms with Gasteiger partial charge in [-0.2, -0.15) is 11.3 Å². The second-order valence-electron chi connectivity index (χ2n) is 4.62. The topological polar surface area (TPSA) is 47.1 Å². The average molecular weight is 284 g/mol. The average Bonchev–Trinajstić information content (AvgIpc) is 3.19. The monoisotopic (exact) mass is 284 g/mol. The van der Waals surface area contributed by atoms with E-state index in [2.05, 4.69) is 26.8 Å². The van der Waals surface area contributed by atoms with Gasteiger partial charge in [-0.15, -0.1) is 0 Å². The normalized spacial score (nSPS) is 12.8. The lowest BCUT2D eigenvalue weighted by atomic mass is 10.1. The number of aromatic amines is 1. The third-order valence-corrected chi connectivity index (χ3v) is 3.95. The molecule has 0 aliphatic carbocycles. The number of ether oxygens (including phenoxy) is 2. The van der Waals surface area contributed by atoms with E-state index in [1.807, 2.05) is 24.4 Å². The zero-order valence-corrected chi connectivity index (χ0v) is 11.4. The number of benzene rings is 1. The van der Waals surface area contributed by atoms with Crippen molar-refractivity contribution in [1.29, 1.82) is 0 Å². The van der Waals surface area contributed by atoms with Crippen LogP contribution in [-0.4, -0.2) is 16.8 Å². The van der Waals surface area contributed by atoms with E-state index in [4.69, 9.17) is 9.47 Å². The number of rotatable bonds is 3. The summed E-state index contributed by atoms with van der Waals surface area (Å²) in [5, 5.41) is 4.17. The van der Waals surface area contributed by atoms with Gasteiger partial charge in [0.05, 0.1) is 11.9 Å². The minimum atomic E-state index is 0.307. The van der Waals surface area contributed by atoms with Gasteiger partial charge in [0.2, 0.25) is 6.79 Å². The van der Waals surface area contributed by atoms with Gasteiger partial charge >= 0.3 is 0 Å². The number of thiophene rings is 1. The summed E-state index contributed by atoms with van der Waals surface area (Å²) in [5.74, 6) is 2.57. The van der Waals surface area contributed by atoms with Gasteiger partial charge in [-0.1, -0.05) is 6.07 Å². The molecule has 1 aromatic carbocycles. The van der Waals surface area contributed by atoms with Gasteiger partial charge in [-0.25, -0.2) is 4.98 Å². The quantitative estimate of drug-likeness (QED) is 0.801. The van der Waals surface area contributed by atoms with Crippen LogP contribution in [0.15, 0.2) is 41.2 Å². The van der Waals surface area contributed by atoms with Crippen LogP contribution in [0.4, 0.5) is 0 Å². The van der Waals surface area contributed by atoms with Crippen molar-refractivity contribution in [3.05, 3.63) is 52.6 Å². The number of imidazole rings is 1. The summed E-state index contributed by atoms with van der Waals surface area (Å²) >= 11 is 1.68. The maximum absolute atomic E-state index is 5.39. The molecule has 4 rings (SSSR count). The number of H-pyrrole nitrogens is 1. The van der Waals surface area contributed by atoms with Gasteiger partial charge < -0.3 is 14.5 Å². The molecule has 1 aliphatic rings. The van der Waals surface area contributed by atoms with Gasteiger partial charge in [0.25, 0.3) is 0 Å². The molecule has 2 aromatic heterocycles. The molecule has 0 unspecified atom stereocenters. The SMILES string of the molecule is c1cc(-c2cnc(Cc3ccc4c(c3)OCO4)[nH]2)cs1. The fourth-order valence-electron chi connectivity index (χ4n) is 2.26. The number of nitrogens with one attached hydrogen (secondary N) is 1. The van der Waals surface area contributed by atoms with Crippen LogP contribution >= 0.6 is 11.3 Å². The molecule has 5 heteroatoms. The van der Waals surface area contributed by atoms with Gasteiger partial charge in [-0.3, -0.25) is 0 Å². The highest BCUT2D eigenvalue weighted by Crippen LogP contribution is 2.33. The van der Waals surface area contributed by atoms with E-state index in [0.29, 0.717) is 6.79 Å². The van der Waals surface area contributed by atoms with Crippen molar-refractivity contribution in [1.82, 2.24) is 9.97 Å². The summed E-state index contributed by atoms with van der Waals surface area (Å²) in [4.78, 5) is 7.79. The molecule has 1 N–H and O–H groups in total. The smallest absolute Gasteiger partial charge is 0.231 e. The number of hydrogen-bond acceptors (Lipinski definition) is 4. The van der Waals surface area contributed by atoms with Crippen molar-refractivity contribution in [2.24, 2.45) is 0 Å². The summed E-state index contributed by atoms with van der Waals surface area (Å²) in [6.45, 7) is 0.307. The number of nitrogens with zero attached hydrogens (tertiary/aromatic N) is 1. The van der Waals surface area contributed by atoms with Gasteiger partial charge in [-0.05, 0) is 29.1 Å². The molecule has 0 bridgehead atoms. The van der Waals surface area contributed by atoms with Crippen LogP contribution in [0.1, 0.15) is 11.4 Å². The molecule has 4 nitrogen and oxygen atoms in total. The van der Waals surface area contributed by atoms with E-state index in [1.54, 1.807) is 11.3 Å². The van der Waals surface area contributed by atoms with Crippen LogP contribution in [0.5, 0.6) is 11.5 Å².